The molecule has 0 aliphatic carbocycles. The minimum Gasteiger partial charge on any atom is -0.356 e. The van der Waals surface area contributed by atoms with Crippen molar-refractivity contribution in [1.82, 2.24) is 14.8 Å². The van der Waals surface area contributed by atoms with Crippen LogP contribution in [0.5, 0.6) is 0 Å². The van der Waals surface area contributed by atoms with Crippen LogP contribution in [-0.2, 0) is 13.1 Å². The molecule has 0 amide bonds. The molecule has 140 valence electrons. The summed E-state index contributed by atoms with van der Waals surface area (Å²) in [7, 11) is 3.77. The summed E-state index contributed by atoms with van der Waals surface area (Å²) >= 11 is 6.23. The molecule has 0 spiro atoms. The van der Waals surface area contributed by atoms with E-state index in [2.05, 4.69) is 10.3 Å². The average molecular weight is 375 g/mol. The second-order valence-corrected chi connectivity index (χ2v) is 6.69. The first-order valence-electron chi connectivity index (χ1n) is 8.84. The number of aliphatic imine (C=N–C) groups is 1. The van der Waals surface area contributed by atoms with Gasteiger partial charge in [0, 0.05) is 50.5 Å². The van der Waals surface area contributed by atoms with Crippen molar-refractivity contribution in [2.45, 2.75) is 32.9 Å². The van der Waals surface area contributed by atoms with Gasteiger partial charge in [0.25, 0.3) is 5.56 Å². The molecule has 0 atom stereocenters. The van der Waals surface area contributed by atoms with Crippen molar-refractivity contribution in [3.8, 4) is 0 Å². The Morgan fingerprint density at radius 2 is 1.96 bits per heavy atom. The maximum atomic E-state index is 11.9. The molecule has 1 N–H and O–H groups in total. The number of nitrogens with zero attached hydrogens (tertiary/aromatic N) is 3. The third-order valence-electron chi connectivity index (χ3n) is 4.30. The highest BCUT2D eigenvalue weighted by molar-refractivity contribution is 6.31. The summed E-state index contributed by atoms with van der Waals surface area (Å²) in [6.07, 6.45) is 1.89. The van der Waals surface area contributed by atoms with Gasteiger partial charge in [-0.25, -0.2) is 0 Å². The van der Waals surface area contributed by atoms with Gasteiger partial charge in [-0.3, -0.25) is 9.79 Å². The predicted octanol–water partition coefficient (Wildman–Crippen LogP) is 3.30. The normalized spacial score (nSPS) is 11.5. The highest BCUT2D eigenvalue weighted by atomic mass is 35.5. The van der Waals surface area contributed by atoms with Gasteiger partial charge < -0.3 is 14.8 Å². The van der Waals surface area contributed by atoms with Crippen LogP contribution < -0.4 is 10.9 Å². The Balaban J connectivity index is 1.78. The zero-order valence-electron chi connectivity index (χ0n) is 15.7. The van der Waals surface area contributed by atoms with E-state index in [1.165, 1.54) is 0 Å². The number of hydrogen-bond acceptors (Lipinski definition) is 2. The number of halogens is 1. The van der Waals surface area contributed by atoms with Crippen molar-refractivity contribution in [3.05, 3.63) is 69.1 Å². The molecule has 0 saturated carbocycles. The smallest absolute Gasteiger partial charge is 0.250 e. The summed E-state index contributed by atoms with van der Waals surface area (Å²) < 4.78 is 1.82. The van der Waals surface area contributed by atoms with E-state index in [1.807, 2.05) is 53.8 Å². The molecule has 26 heavy (non-hydrogen) atoms. The van der Waals surface area contributed by atoms with E-state index in [0.29, 0.717) is 6.54 Å². The first-order chi connectivity index (χ1) is 12.5. The van der Waals surface area contributed by atoms with Gasteiger partial charge in [-0.15, -0.1) is 0 Å². The van der Waals surface area contributed by atoms with Crippen molar-refractivity contribution in [1.29, 1.82) is 0 Å². The first kappa shape index (κ1) is 20.0. The van der Waals surface area contributed by atoms with Crippen LogP contribution in [0.4, 0.5) is 0 Å². The van der Waals surface area contributed by atoms with E-state index < -0.39 is 0 Å². The maximum Gasteiger partial charge on any atom is 0.250 e. The fourth-order valence-corrected chi connectivity index (χ4v) is 3.04. The van der Waals surface area contributed by atoms with Gasteiger partial charge in [0.1, 0.15) is 0 Å². The maximum absolute atomic E-state index is 11.9. The number of rotatable bonds is 7. The molecule has 0 bridgehead atoms. The summed E-state index contributed by atoms with van der Waals surface area (Å²) in [6, 6.07) is 13.2. The van der Waals surface area contributed by atoms with Crippen LogP contribution >= 0.6 is 11.6 Å². The number of unbranched alkanes of at least 4 members (excludes halogenated alkanes) is 1. The summed E-state index contributed by atoms with van der Waals surface area (Å²) in [4.78, 5) is 18.2. The lowest BCUT2D eigenvalue weighted by Crippen LogP contribution is -2.39. The molecule has 0 saturated heterocycles. The average Bonchev–Trinajstić information content (AvgIpc) is 2.62. The van der Waals surface area contributed by atoms with E-state index in [9.17, 15) is 4.79 Å². The lowest BCUT2D eigenvalue weighted by molar-refractivity contribution is 0.472. The molecular formula is C20H27ClN4O. The van der Waals surface area contributed by atoms with E-state index in [-0.39, 0.29) is 5.56 Å². The number of hydrogen-bond donors (Lipinski definition) is 1. The Kier molecular flexibility index (Phi) is 7.73. The van der Waals surface area contributed by atoms with Crippen molar-refractivity contribution in [3.63, 3.8) is 0 Å². The Morgan fingerprint density at radius 1 is 1.19 bits per heavy atom. The van der Waals surface area contributed by atoms with E-state index in [1.54, 1.807) is 19.2 Å². The van der Waals surface area contributed by atoms with Gasteiger partial charge in [0.05, 0.1) is 0 Å². The van der Waals surface area contributed by atoms with Gasteiger partial charge in [-0.05, 0) is 37.5 Å². The molecule has 1 heterocycles. The molecule has 0 fully saturated rings. The minimum absolute atomic E-state index is 0.0632. The second kappa shape index (κ2) is 10.0. The summed E-state index contributed by atoms with van der Waals surface area (Å²) in [5.41, 5.74) is 2.13. The highest BCUT2D eigenvalue weighted by Gasteiger charge is 2.08. The third-order valence-corrected chi connectivity index (χ3v) is 4.67. The highest BCUT2D eigenvalue weighted by Crippen LogP contribution is 2.16. The third kappa shape index (κ3) is 5.63. The fraction of sp³-hybridized carbons (Fsp3) is 0.400. The molecular weight excluding hydrogens is 348 g/mol. The molecule has 5 nitrogen and oxygen atoms in total. The Hall–Kier alpha value is -2.27. The van der Waals surface area contributed by atoms with Crippen LogP contribution in [0.3, 0.4) is 0 Å². The molecule has 2 aromatic rings. The number of pyridine rings is 1. The monoisotopic (exact) mass is 374 g/mol. The molecule has 0 radical (unpaired) electrons. The van der Waals surface area contributed by atoms with Gasteiger partial charge in [0.15, 0.2) is 5.96 Å². The van der Waals surface area contributed by atoms with Crippen LogP contribution in [-0.4, -0.2) is 36.1 Å². The molecule has 2 rings (SSSR count). The predicted molar refractivity (Wildman–Crippen MR) is 109 cm³/mol. The number of benzene rings is 1. The number of aromatic nitrogens is 1. The molecule has 0 aliphatic rings. The molecule has 0 aliphatic heterocycles. The van der Waals surface area contributed by atoms with Crippen molar-refractivity contribution in [2.75, 3.05) is 20.6 Å². The van der Waals surface area contributed by atoms with Gasteiger partial charge in [-0.2, -0.15) is 0 Å². The van der Waals surface area contributed by atoms with Gasteiger partial charge >= 0.3 is 0 Å². The quantitative estimate of drug-likeness (QED) is 0.459. The van der Waals surface area contributed by atoms with E-state index >= 15 is 0 Å². The molecule has 1 aromatic heterocycles. The van der Waals surface area contributed by atoms with Crippen LogP contribution in [0.2, 0.25) is 5.02 Å². The summed E-state index contributed by atoms with van der Waals surface area (Å²) in [5.74, 6) is 0.831. The number of guanidine groups is 1. The van der Waals surface area contributed by atoms with Crippen LogP contribution in [0.15, 0.2) is 52.3 Å². The number of nitrogens with one attached hydrogen (secondary N) is 1. The zero-order valence-corrected chi connectivity index (χ0v) is 16.5. The van der Waals surface area contributed by atoms with Crippen molar-refractivity contribution in [2.24, 2.45) is 4.99 Å². The Labute approximate surface area is 160 Å². The van der Waals surface area contributed by atoms with Crippen LogP contribution in [0.25, 0.3) is 0 Å². The second-order valence-electron chi connectivity index (χ2n) is 6.29. The van der Waals surface area contributed by atoms with Crippen molar-refractivity contribution < 1.29 is 0 Å². The van der Waals surface area contributed by atoms with Crippen LogP contribution in [0.1, 0.15) is 24.1 Å². The Bertz CT molecular complexity index is 800. The first-order valence-corrected chi connectivity index (χ1v) is 9.22. The van der Waals surface area contributed by atoms with E-state index in [0.717, 1.165) is 48.2 Å². The van der Waals surface area contributed by atoms with E-state index in [4.69, 9.17) is 11.6 Å². The Morgan fingerprint density at radius 3 is 2.65 bits per heavy atom. The lowest BCUT2D eigenvalue weighted by Gasteiger charge is -2.22. The standard InChI is InChI=1S/C20H27ClN4O/c1-16-9-8-12-19(26)25(16)14-7-6-13-23-20(22-2)24(3)15-17-10-4-5-11-18(17)21/h4-5,8-12H,6-7,13-15H2,1-3H3,(H,22,23). The lowest BCUT2D eigenvalue weighted by atomic mass is 10.2. The zero-order chi connectivity index (χ0) is 18.9. The van der Waals surface area contributed by atoms with Gasteiger partial charge in [-0.1, -0.05) is 35.9 Å². The summed E-state index contributed by atoms with van der Waals surface area (Å²) in [5, 5.41) is 4.13. The number of aryl methyl sites for hydroxylation is 1. The minimum atomic E-state index is 0.0632. The van der Waals surface area contributed by atoms with Gasteiger partial charge in [0.2, 0.25) is 0 Å². The topological polar surface area (TPSA) is 49.6 Å². The SMILES string of the molecule is CN=C(NCCCCn1c(C)cccc1=O)N(C)Cc1ccccc1Cl. The molecule has 1 aromatic carbocycles. The van der Waals surface area contributed by atoms with Crippen LogP contribution in [0, 0.1) is 6.92 Å². The van der Waals surface area contributed by atoms with Crippen molar-refractivity contribution >= 4 is 17.6 Å². The largest absolute Gasteiger partial charge is 0.356 e. The fourth-order valence-electron chi connectivity index (χ4n) is 2.85. The molecule has 0 unspecified atom stereocenters. The molecule has 6 heteroatoms. The summed E-state index contributed by atoms with van der Waals surface area (Å²) in [6.45, 7) is 4.20.